The van der Waals surface area contributed by atoms with E-state index in [2.05, 4.69) is 19.6 Å². The van der Waals surface area contributed by atoms with Crippen molar-refractivity contribution in [1.29, 1.82) is 0 Å². The van der Waals surface area contributed by atoms with Gasteiger partial charge in [-0.3, -0.25) is 0 Å². The van der Waals surface area contributed by atoms with E-state index in [4.69, 9.17) is 5.11 Å². The van der Waals surface area contributed by atoms with Crippen LogP contribution in [-0.4, -0.2) is 10.4 Å². The zero-order valence-corrected chi connectivity index (χ0v) is 6.86. The number of thiol groups is 1. The molecule has 0 bridgehead atoms. The Morgan fingerprint density at radius 2 is 2.33 bits per heavy atom. The van der Waals surface area contributed by atoms with Crippen LogP contribution in [0.2, 0.25) is 0 Å². The molecule has 0 spiro atoms. The van der Waals surface area contributed by atoms with E-state index in [1.54, 1.807) is 0 Å². The van der Waals surface area contributed by atoms with Crippen molar-refractivity contribution >= 4 is 12.6 Å². The van der Waals surface area contributed by atoms with E-state index in [9.17, 15) is 0 Å². The molecule has 1 atom stereocenters. The van der Waals surface area contributed by atoms with Crippen LogP contribution in [-0.2, 0) is 0 Å². The molecule has 0 aliphatic heterocycles. The second-order valence-electron chi connectivity index (χ2n) is 2.09. The summed E-state index contributed by atoms with van der Waals surface area (Å²) < 4.78 is 0. The van der Waals surface area contributed by atoms with E-state index >= 15 is 0 Å². The summed E-state index contributed by atoms with van der Waals surface area (Å²) in [5, 5.41) is 9.03. The molecule has 0 rings (SSSR count). The molecule has 2 heteroatoms. The molecule has 0 radical (unpaired) electrons. The van der Waals surface area contributed by atoms with Crippen molar-refractivity contribution in [2.24, 2.45) is 0 Å². The lowest BCUT2D eigenvalue weighted by molar-refractivity contribution is 0.396. The highest BCUT2D eigenvalue weighted by atomic mass is 32.1. The van der Waals surface area contributed by atoms with Crippen LogP contribution in [0.1, 0.15) is 26.7 Å². The predicted octanol–water partition coefficient (Wildman–Crippen LogP) is 2.55. The first kappa shape index (κ1) is 8.89. The highest BCUT2D eigenvalue weighted by Crippen LogP contribution is 2.05. The highest BCUT2D eigenvalue weighted by molar-refractivity contribution is 7.81. The third-order valence-corrected chi connectivity index (χ3v) is 1.33. The van der Waals surface area contributed by atoms with Crippen LogP contribution >= 0.6 is 12.6 Å². The normalized spacial score (nSPS) is 15.7. The van der Waals surface area contributed by atoms with E-state index in [0.29, 0.717) is 5.76 Å². The average Bonchev–Trinajstić information content (AvgIpc) is 1.82. The number of hydrogen-bond donors (Lipinski definition) is 2. The van der Waals surface area contributed by atoms with Crippen LogP contribution in [0.15, 0.2) is 11.8 Å². The minimum Gasteiger partial charge on any atom is -0.511 e. The van der Waals surface area contributed by atoms with E-state index in [1.165, 1.54) is 0 Å². The molecule has 54 valence electrons. The van der Waals surface area contributed by atoms with Crippen LogP contribution in [0.5, 0.6) is 0 Å². The minimum atomic E-state index is -0.0171. The van der Waals surface area contributed by atoms with Gasteiger partial charge in [0, 0.05) is 0 Å². The van der Waals surface area contributed by atoms with Gasteiger partial charge >= 0.3 is 0 Å². The minimum absolute atomic E-state index is 0.0171. The van der Waals surface area contributed by atoms with Crippen molar-refractivity contribution in [1.82, 2.24) is 0 Å². The molecule has 0 saturated heterocycles. The fraction of sp³-hybridized carbons (Fsp3) is 0.714. The molecule has 0 saturated carbocycles. The quantitative estimate of drug-likeness (QED) is 0.463. The second kappa shape index (κ2) is 4.74. The largest absolute Gasteiger partial charge is 0.511 e. The van der Waals surface area contributed by atoms with E-state index < -0.39 is 0 Å². The lowest BCUT2D eigenvalue weighted by Gasteiger charge is -2.00. The number of rotatable bonds is 3. The maximum absolute atomic E-state index is 9.04. The number of aliphatic hydroxyl groups excluding tert-OH is 1. The van der Waals surface area contributed by atoms with Gasteiger partial charge in [-0.2, -0.15) is 12.6 Å². The van der Waals surface area contributed by atoms with Gasteiger partial charge in [-0.25, -0.2) is 0 Å². The van der Waals surface area contributed by atoms with Gasteiger partial charge in [0.2, 0.25) is 0 Å². The van der Waals surface area contributed by atoms with Crippen LogP contribution in [0.4, 0.5) is 0 Å². The van der Waals surface area contributed by atoms with Crippen LogP contribution in [0, 0.1) is 0 Å². The summed E-state index contributed by atoms with van der Waals surface area (Å²) in [7, 11) is 0. The van der Waals surface area contributed by atoms with E-state index in [-0.39, 0.29) is 5.25 Å². The van der Waals surface area contributed by atoms with Gasteiger partial charge < -0.3 is 5.11 Å². The summed E-state index contributed by atoms with van der Waals surface area (Å²) in [6.07, 6.45) is 3.83. The Labute approximate surface area is 62.2 Å². The summed E-state index contributed by atoms with van der Waals surface area (Å²) in [6, 6.07) is 0. The topological polar surface area (TPSA) is 20.2 Å². The zero-order valence-electron chi connectivity index (χ0n) is 5.96. The Hall–Kier alpha value is -0.110. The van der Waals surface area contributed by atoms with Crippen molar-refractivity contribution in [3.05, 3.63) is 11.8 Å². The molecule has 1 unspecified atom stereocenters. The predicted molar refractivity (Wildman–Crippen MR) is 44.1 cm³/mol. The van der Waals surface area contributed by atoms with Gasteiger partial charge in [-0.15, -0.1) is 0 Å². The first-order valence-corrected chi connectivity index (χ1v) is 3.77. The summed E-state index contributed by atoms with van der Waals surface area (Å²) in [4.78, 5) is 0. The van der Waals surface area contributed by atoms with Crippen LogP contribution < -0.4 is 0 Å². The molecule has 0 aromatic carbocycles. The Bertz CT molecular complexity index is 97.1. The van der Waals surface area contributed by atoms with Gasteiger partial charge in [0.1, 0.15) is 5.76 Å². The van der Waals surface area contributed by atoms with Crippen molar-refractivity contribution < 1.29 is 5.11 Å². The summed E-state index contributed by atoms with van der Waals surface area (Å²) in [6.45, 7) is 3.93. The summed E-state index contributed by atoms with van der Waals surface area (Å²) in [5.74, 6) is 0.389. The van der Waals surface area contributed by atoms with Crippen LogP contribution in [0.3, 0.4) is 0 Å². The Kier molecular flexibility index (Phi) is 4.68. The Morgan fingerprint density at radius 3 is 2.67 bits per heavy atom. The fourth-order valence-corrected chi connectivity index (χ4v) is 0.568. The molecule has 0 aromatic rings. The van der Waals surface area contributed by atoms with Gasteiger partial charge in [-0.05, 0) is 19.4 Å². The van der Waals surface area contributed by atoms with E-state index in [0.717, 1.165) is 12.8 Å². The molecule has 0 amide bonds. The summed E-state index contributed by atoms with van der Waals surface area (Å²) in [5.41, 5.74) is 0. The van der Waals surface area contributed by atoms with Gasteiger partial charge in [0.15, 0.2) is 0 Å². The second-order valence-corrected chi connectivity index (χ2v) is 2.87. The van der Waals surface area contributed by atoms with Gasteiger partial charge in [0.25, 0.3) is 0 Å². The number of hydrogen-bond acceptors (Lipinski definition) is 2. The van der Waals surface area contributed by atoms with Crippen molar-refractivity contribution in [3.63, 3.8) is 0 Å². The zero-order chi connectivity index (χ0) is 7.28. The number of allylic oxidation sites excluding steroid dienone is 1. The molecule has 0 fully saturated rings. The third-order valence-electron chi connectivity index (χ3n) is 1.07. The first-order chi connectivity index (χ1) is 4.18. The van der Waals surface area contributed by atoms with Crippen LogP contribution in [0.25, 0.3) is 0 Å². The van der Waals surface area contributed by atoms with Gasteiger partial charge in [-0.1, -0.05) is 13.3 Å². The third kappa shape index (κ3) is 4.40. The summed E-state index contributed by atoms with van der Waals surface area (Å²) >= 11 is 4.05. The molecule has 0 aliphatic rings. The highest BCUT2D eigenvalue weighted by Gasteiger charge is 1.97. The SMILES string of the molecule is CCC/C=C(\O)C(C)S. The molecule has 0 aliphatic carbocycles. The maximum atomic E-state index is 9.04. The lowest BCUT2D eigenvalue weighted by atomic mass is 10.2. The molecule has 1 N–H and O–H groups in total. The number of unbranched alkanes of at least 4 members (excludes halogenated alkanes) is 1. The van der Waals surface area contributed by atoms with Crippen molar-refractivity contribution in [2.75, 3.05) is 0 Å². The smallest absolute Gasteiger partial charge is 0.101 e. The van der Waals surface area contributed by atoms with Gasteiger partial charge in [0.05, 0.1) is 5.25 Å². The Morgan fingerprint density at radius 1 is 1.78 bits per heavy atom. The molecular weight excluding hydrogens is 132 g/mol. The molecule has 9 heavy (non-hydrogen) atoms. The average molecular weight is 146 g/mol. The maximum Gasteiger partial charge on any atom is 0.101 e. The molecule has 0 heterocycles. The monoisotopic (exact) mass is 146 g/mol. The molecule has 1 nitrogen and oxygen atoms in total. The van der Waals surface area contributed by atoms with E-state index in [1.807, 2.05) is 13.0 Å². The lowest BCUT2D eigenvalue weighted by Crippen LogP contribution is -1.94. The fourth-order valence-electron chi connectivity index (χ4n) is 0.463. The van der Waals surface area contributed by atoms with Crippen molar-refractivity contribution in [3.8, 4) is 0 Å². The molecular formula is C7H14OS. The Balaban J connectivity index is 3.55. The standard InChI is InChI=1S/C7H14OS/c1-3-4-5-7(8)6(2)9/h5-6,8-9H,3-4H2,1-2H3/b7-5-. The molecule has 0 aromatic heterocycles. The first-order valence-electron chi connectivity index (χ1n) is 3.25. The van der Waals surface area contributed by atoms with Crippen molar-refractivity contribution in [2.45, 2.75) is 31.9 Å². The number of aliphatic hydroxyl groups is 1.